The first kappa shape index (κ1) is 21.3. The number of hydrogen-bond acceptors (Lipinski definition) is 4. The van der Waals surface area contributed by atoms with E-state index in [-0.39, 0.29) is 31.1 Å². The lowest BCUT2D eigenvalue weighted by Crippen LogP contribution is -2.50. The molecule has 1 aliphatic rings. The van der Waals surface area contributed by atoms with Crippen LogP contribution in [0.1, 0.15) is 27.3 Å². The van der Waals surface area contributed by atoms with Crippen molar-refractivity contribution in [3.8, 4) is 0 Å². The number of carbonyl (C=O) groups excluding carboxylic acids is 1. The summed E-state index contributed by atoms with van der Waals surface area (Å²) in [6, 6.07) is 4.60. The van der Waals surface area contributed by atoms with Gasteiger partial charge in [-0.3, -0.25) is 9.48 Å². The van der Waals surface area contributed by atoms with Crippen molar-refractivity contribution in [2.45, 2.75) is 24.9 Å². The molecule has 1 amide bonds. The fourth-order valence-corrected chi connectivity index (χ4v) is 5.30. The fourth-order valence-electron chi connectivity index (χ4n) is 3.48. The van der Waals surface area contributed by atoms with Crippen molar-refractivity contribution in [2.75, 3.05) is 26.2 Å². The number of aryl methyl sites for hydroxylation is 2. The van der Waals surface area contributed by atoms with Crippen LogP contribution < -0.4 is 0 Å². The highest BCUT2D eigenvalue weighted by Crippen LogP contribution is 2.32. The first-order valence-corrected chi connectivity index (χ1v) is 10.3. The van der Waals surface area contributed by atoms with Crippen molar-refractivity contribution in [3.63, 3.8) is 0 Å². The molecule has 1 aromatic carbocycles. The highest BCUT2D eigenvalue weighted by Gasteiger charge is 2.38. The smallest absolute Gasteiger partial charge is 0.336 e. The SMILES string of the molecule is Cc1nn(C)c(C)c1S(=O)(=O)N1CCN(C(=O)c2ccccc2C(F)(F)F)CC1. The van der Waals surface area contributed by atoms with E-state index in [9.17, 15) is 26.4 Å². The number of amides is 1. The molecular weight excluding hydrogens is 409 g/mol. The van der Waals surface area contributed by atoms with Crippen LogP contribution in [0, 0.1) is 13.8 Å². The highest BCUT2D eigenvalue weighted by atomic mass is 32.2. The van der Waals surface area contributed by atoms with Crippen LogP contribution in [0.2, 0.25) is 0 Å². The van der Waals surface area contributed by atoms with Crippen LogP contribution in [0.3, 0.4) is 0 Å². The summed E-state index contributed by atoms with van der Waals surface area (Å²) in [5, 5.41) is 4.13. The van der Waals surface area contributed by atoms with E-state index >= 15 is 0 Å². The summed E-state index contributed by atoms with van der Waals surface area (Å²) in [6.07, 6.45) is -4.65. The van der Waals surface area contributed by atoms with Crippen molar-refractivity contribution in [1.29, 1.82) is 0 Å². The zero-order chi connectivity index (χ0) is 21.6. The topological polar surface area (TPSA) is 75.5 Å². The summed E-state index contributed by atoms with van der Waals surface area (Å²) >= 11 is 0. The molecule has 0 radical (unpaired) electrons. The quantitative estimate of drug-likeness (QED) is 0.748. The maximum Gasteiger partial charge on any atom is 0.417 e. The number of piperazine rings is 1. The molecule has 3 rings (SSSR count). The van der Waals surface area contributed by atoms with Gasteiger partial charge in [0.1, 0.15) is 4.90 Å². The number of aromatic nitrogens is 2. The monoisotopic (exact) mass is 430 g/mol. The summed E-state index contributed by atoms with van der Waals surface area (Å²) in [4.78, 5) is 14.0. The summed E-state index contributed by atoms with van der Waals surface area (Å²) in [5.74, 6) is -0.760. The van der Waals surface area contributed by atoms with Gasteiger partial charge < -0.3 is 4.90 Å². The molecule has 11 heteroatoms. The third-order valence-corrected chi connectivity index (χ3v) is 7.18. The standard InChI is InChI=1S/C18H21F3N4O3S/c1-12-16(13(2)23(3)22-12)29(27,28)25-10-8-24(9-11-25)17(26)14-6-4-5-7-15(14)18(19,20)21/h4-7H,8-11H2,1-3H3. The first-order chi connectivity index (χ1) is 13.4. The van der Waals surface area contributed by atoms with Gasteiger partial charge in [0.2, 0.25) is 10.0 Å². The Bertz CT molecular complexity index is 1040. The minimum atomic E-state index is -4.65. The van der Waals surface area contributed by atoms with Crippen LogP contribution in [-0.2, 0) is 23.2 Å². The van der Waals surface area contributed by atoms with Gasteiger partial charge in [-0.05, 0) is 26.0 Å². The third-order valence-electron chi connectivity index (χ3n) is 5.03. The molecule has 0 atom stereocenters. The zero-order valence-electron chi connectivity index (χ0n) is 16.2. The molecular formula is C18H21F3N4O3S. The molecule has 2 aromatic rings. The second-order valence-corrected chi connectivity index (χ2v) is 8.74. The summed E-state index contributed by atoms with van der Waals surface area (Å²) in [5.41, 5.74) is -0.556. The summed E-state index contributed by atoms with van der Waals surface area (Å²) in [7, 11) is -2.17. The van der Waals surface area contributed by atoms with Gasteiger partial charge in [-0.15, -0.1) is 0 Å². The van der Waals surface area contributed by atoms with Crippen LogP contribution in [0.5, 0.6) is 0 Å². The Morgan fingerprint density at radius 3 is 2.17 bits per heavy atom. The maximum atomic E-state index is 13.2. The van der Waals surface area contributed by atoms with Gasteiger partial charge >= 0.3 is 6.18 Å². The van der Waals surface area contributed by atoms with Crippen molar-refractivity contribution in [1.82, 2.24) is 19.0 Å². The Morgan fingerprint density at radius 2 is 1.66 bits per heavy atom. The van der Waals surface area contributed by atoms with Gasteiger partial charge in [-0.1, -0.05) is 12.1 Å². The van der Waals surface area contributed by atoms with E-state index in [1.165, 1.54) is 26.0 Å². The molecule has 0 aliphatic carbocycles. The lowest BCUT2D eigenvalue weighted by atomic mass is 10.1. The lowest BCUT2D eigenvalue weighted by molar-refractivity contribution is -0.138. The maximum absolute atomic E-state index is 13.2. The van der Waals surface area contributed by atoms with Crippen LogP contribution in [0.4, 0.5) is 13.2 Å². The molecule has 1 aromatic heterocycles. The second kappa shape index (κ2) is 7.45. The predicted octanol–water partition coefficient (Wildman–Crippen LogP) is 2.20. The van der Waals surface area contributed by atoms with E-state index in [2.05, 4.69) is 5.10 Å². The van der Waals surface area contributed by atoms with Gasteiger partial charge in [0.05, 0.1) is 22.5 Å². The molecule has 0 spiro atoms. The van der Waals surface area contributed by atoms with E-state index in [0.29, 0.717) is 11.4 Å². The minimum absolute atomic E-state index is 0.00259. The number of alkyl halides is 3. The Labute approximate surface area is 166 Å². The molecule has 2 heterocycles. The Kier molecular flexibility index (Phi) is 5.48. The average molecular weight is 430 g/mol. The van der Waals surface area contributed by atoms with Crippen LogP contribution >= 0.6 is 0 Å². The van der Waals surface area contributed by atoms with Crippen LogP contribution in [0.25, 0.3) is 0 Å². The number of hydrogen-bond donors (Lipinski definition) is 0. The molecule has 7 nitrogen and oxygen atoms in total. The number of rotatable bonds is 3. The Morgan fingerprint density at radius 1 is 1.07 bits per heavy atom. The molecule has 0 bridgehead atoms. The molecule has 0 unspecified atom stereocenters. The van der Waals surface area contributed by atoms with Gasteiger partial charge in [-0.2, -0.15) is 22.6 Å². The first-order valence-electron chi connectivity index (χ1n) is 8.90. The number of sulfonamides is 1. The molecule has 0 saturated carbocycles. The molecule has 1 aliphatic heterocycles. The highest BCUT2D eigenvalue weighted by molar-refractivity contribution is 7.89. The Hall–Kier alpha value is -2.40. The third kappa shape index (κ3) is 3.88. The van der Waals surface area contributed by atoms with Crippen molar-refractivity contribution < 1.29 is 26.4 Å². The van der Waals surface area contributed by atoms with Gasteiger partial charge in [0.15, 0.2) is 0 Å². The van der Waals surface area contributed by atoms with Gasteiger partial charge in [0, 0.05) is 33.2 Å². The predicted molar refractivity (Wildman–Crippen MR) is 98.8 cm³/mol. The van der Waals surface area contributed by atoms with Gasteiger partial charge in [-0.25, -0.2) is 8.42 Å². The molecule has 29 heavy (non-hydrogen) atoms. The Balaban J connectivity index is 1.79. The summed E-state index contributed by atoms with van der Waals surface area (Å²) in [6.45, 7) is 3.26. The average Bonchev–Trinajstić information content (AvgIpc) is 2.92. The lowest BCUT2D eigenvalue weighted by Gasteiger charge is -2.34. The normalized spacial score (nSPS) is 16.3. The van der Waals surface area contributed by atoms with Gasteiger partial charge in [0.25, 0.3) is 5.91 Å². The van der Waals surface area contributed by atoms with E-state index in [0.717, 1.165) is 12.1 Å². The number of halogens is 3. The van der Waals surface area contributed by atoms with Crippen molar-refractivity contribution >= 4 is 15.9 Å². The van der Waals surface area contributed by atoms with E-state index in [1.807, 2.05) is 0 Å². The van der Waals surface area contributed by atoms with Crippen LogP contribution in [0.15, 0.2) is 29.2 Å². The number of benzene rings is 1. The van der Waals surface area contributed by atoms with Crippen molar-refractivity contribution in [2.24, 2.45) is 7.05 Å². The van der Waals surface area contributed by atoms with E-state index < -0.39 is 33.2 Å². The fraction of sp³-hybridized carbons (Fsp3) is 0.444. The number of nitrogens with zero attached hydrogens (tertiary/aromatic N) is 4. The zero-order valence-corrected chi connectivity index (χ0v) is 17.0. The molecule has 0 N–H and O–H groups in total. The molecule has 158 valence electrons. The largest absolute Gasteiger partial charge is 0.417 e. The van der Waals surface area contributed by atoms with Crippen LogP contribution in [-0.4, -0.2) is 59.5 Å². The van der Waals surface area contributed by atoms with E-state index in [4.69, 9.17) is 0 Å². The summed E-state index contributed by atoms with van der Waals surface area (Å²) < 4.78 is 68.3. The minimum Gasteiger partial charge on any atom is -0.336 e. The van der Waals surface area contributed by atoms with E-state index in [1.54, 1.807) is 20.9 Å². The molecule has 1 fully saturated rings. The second-order valence-electron chi connectivity index (χ2n) is 6.86. The molecule has 1 saturated heterocycles. The number of carbonyl (C=O) groups is 1. The van der Waals surface area contributed by atoms with Crippen molar-refractivity contribution in [3.05, 3.63) is 46.8 Å².